The fourth-order valence-electron chi connectivity index (χ4n) is 4.21. The highest BCUT2D eigenvalue weighted by molar-refractivity contribution is 7.89. The quantitative estimate of drug-likeness (QED) is 0.453. The van der Waals surface area contributed by atoms with E-state index in [4.69, 9.17) is 14.2 Å². The number of rotatable bonds is 10. The molecule has 0 aliphatic carbocycles. The molecule has 190 valence electrons. The SMILES string of the molecule is CCCCOc1cc(N2CCN(S(=O)(=O)c3ccc(OC(C)C)cc3)CC2)ccc1C1COC=N1. The van der Waals surface area contributed by atoms with Crippen LogP contribution in [0.3, 0.4) is 0 Å². The molecule has 1 fully saturated rings. The number of hydrogen-bond acceptors (Lipinski definition) is 7. The molecule has 0 aromatic heterocycles. The van der Waals surface area contributed by atoms with Gasteiger partial charge in [0.25, 0.3) is 0 Å². The van der Waals surface area contributed by atoms with Crippen molar-refractivity contribution >= 4 is 22.1 Å². The molecule has 35 heavy (non-hydrogen) atoms. The molecule has 1 saturated heterocycles. The Bertz CT molecular complexity index is 1110. The van der Waals surface area contributed by atoms with Gasteiger partial charge in [0.05, 0.1) is 17.6 Å². The number of anilines is 1. The van der Waals surface area contributed by atoms with E-state index in [0.29, 0.717) is 45.1 Å². The first-order valence-electron chi connectivity index (χ1n) is 12.3. The maximum absolute atomic E-state index is 13.2. The van der Waals surface area contributed by atoms with Gasteiger partial charge in [-0.3, -0.25) is 0 Å². The van der Waals surface area contributed by atoms with Gasteiger partial charge in [0.2, 0.25) is 10.0 Å². The predicted octanol–water partition coefficient (Wildman–Crippen LogP) is 4.26. The van der Waals surface area contributed by atoms with E-state index in [1.54, 1.807) is 28.6 Å². The van der Waals surface area contributed by atoms with Crippen LogP contribution in [-0.2, 0) is 14.8 Å². The number of aliphatic imine (C=N–C) groups is 1. The van der Waals surface area contributed by atoms with Crippen LogP contribution in [0.1, 0.15) is 45.2 Å². The Labute approximate surface area is 208 Å². The van der Waals surface area contributed by atoms with Gasteiger partial charge in [0, 0.05) is 43.5 Å². The molecule has 4 rings (SSSR count). The van der Waals surface area contributed by atoms with Gasteiger partial charge in [-0.15, -0.1) is 0 Å². The molecule has 2 aromatic rings. The van der Waals surface area contributed by atoms with Crippen molar-refractivity contribution in [2.45, 2.75) is 50.7 Å². The maximum atomic E-state index is 13.2. The minimum Gasteiger partial charge on any atom is -0.493 e. The number of nitrogens with zero attached hydrogens (tertiary/aromatic N) is 3. The van der Waals surface area contributed by atoms with Crippen LogP contribution in [0.25, 0.3) is 0 Å². The van der Waals surface area contributed by atoms with Gasteiger partial charge in [-0.2, -0.15) is 4.31 Å². The van der Waals surface area contributed by atoms with Crippen LogP contribution in [0.4, 0.5) is 5.69 Å². The molecule has 1 unspecified atom stereocenters. The molecular formula is C26H35N3O5S. The molecule has 0 amide bonds. The summed E-state index contributed by atoms with van der Waals surface area (Å²) >= 11 is 0. The average Bonchev–Trinajstić information content (AvgIpc) is 3.39. The fraction of sp³-hybridized carbons (Fsp3) is 0.500. The number of hydrogen-bond donors (Lipinski definition) is 0. The number of ether oxygens (including phenoxy) is 3. The van der Waals surface area contributed by atoms with Crippen molar-refractivity contribution in [1.82, 2.24) is 4.31 Å². The summed E-state index contributed by atoms with van der Waals surface area (Å²) in [5, 5.41) is 0. The fourth-order valence-corrected chi connectivity index (χ4v) is 5.63. The predicted molar refractivity (Wildman–Crippen MR) is 137 cm³/mol. The van der Waals surface area contributed by atoms with Crippen molar-refractivity contribution in [2.24, 2.45) is 4.99 Å². The van der Waals surface area contributed by atoms with Gasteiger partial charge >= 0.3 is 0 Å². The summed E-state index contributed by atoms with van der Waals surface area (Å²) in [5.74, 6) is 1.49. The van der Waals surface area contributed by atoms with Crippen LogP contribution in [0, 0.1) is 0 Å². The van der Waals surface area contributed by atoms with E-state index in [-0.39, 0.29) is 17.0 Å². The third-order valence-corrected chi connectivity index (χ3v) is 8.03. The highest BCUT2D eigenvalue weighted by Crippen LogP contribution is 2.34. The minimum absolute atomic E-state index is 0.0383. The maximum Gasteiger partial charge on any atom is 0.243 e. The summed E-state index contributed by atoms with van der Waals surface area (Å²) < 4.78 is 45.0. The Kier molecular flexibility index (Phi) is 8.18. The van der Waals surface area contributed by atoms with Crippen LogP contribution in [0.5, 0.6) is 11.5 Å². The van der Waals surface area contributed by atoms with Crippen molar-refractivity contribution in [3.8, 4) is 11.5 Å². The highest BCUT2D eigenvalue weighted by atomic mass is 32.2. The van der Waals surface area contributed by atoms with Gasteiger partial charge in [0.15, 0.2) is 6.40 Å². The monoisotopic (exact) mass is 501 g/mol. The number of unbranched alkanes of at least 4 members (excludes halogenated alkanes) is 1. The van der Waals surface area contributed by atoms with Crippen LogP contribution < -0.4 is 14.4 Å². The lowest BCUT2D eigenvalue weighted by molar-refractivity contribution is 0.242. The lowest BCUT2D eigenvalue weighted by Crippen LogP contribution is -2.48. The van der Waals surface area contributed by atoms with E-state index in [1.165, 1.54) is 6.40 Å². The normalized spacial score (nSPS) is 18.6. The molecule has 0 radical (unpaired) electrons. The van der Waals surface area contributed by atoms with Crippen molar-refractivity contribution in [1.29, 1.82) is 0 Å². The summed E-state index contributed by atoms with van der Waals surface area (Å²) in [5.41, 5.74) is 2.04. The second kappa shape index (κ2) is 11.3. The molecule has 2 aliphatic heterocycles. The van der Waals surface area contributed by atoms with Crippen molar-refractivity contribution in [3.05, 3.63) is 48.0 Å². The number of piperazine rings is 1. The second-order valence-corrected chi connectivity index (χ2v) is 11.0. The standard InChI is InChI=1S/C26H35N3O5S/c1-4-5-16-33-26-17-21(6-11-24(26)25-18-32-19-27-25)28-12-14-29(15-13-28)35(30,31)23-9-7-22(8-10-23)34-20(2)3/h6-11,17,19-20,25H,4-5,12-16,18H2,1-3H3. The largest absolute Gasteiger partial charge is 0.493 e. The van der Waals surface area contributed by atoms with Crippen LogP contribution in [0.2, 0.25) is 0 Å². The third-order valence-electron chi connectivity index (χ3n) is 6.12. The number of benzene rings is 2. The first kappa shape index (κ1) is 25.3. The zero-order valence-electron chi connectivity index (χ0n) is 20.7. The zero-order chi connectivity index (χ0) is 24.8. The lowest BCUT2D eigenvalue weighted by atomic mass is 10.1. The van der Waals surface area contributed by atoms with E-state index >= 15 is 0 Å². The second-order valence-electron chi connectivity index (χ2n) is 9.06. The van der Waals surface area contributed by atoms with Crippen LogP contribution in [0.15, 0.2) is 52.4 Å². The summed E-state index contributed by atoms with van der Waals surface area (Å²) in [7, 11) is -3.56. The van der Waals surface area contributed by atoms with Gasteiger partial charge in [-0.1, -0.05) is 19.4 Å². The van der Waals surface area contributed by atoms with E-state index in [0.717, 1.165) is 29.8 Å². The average molecular weight is 502 g/mol. The van der Waals surface area contributed by atoms with E-state index in [1.807, 2.05) is 13.8 Å². The molecule has 8 nitrogen and oxygen atoms in total. The van der Waals surface area contributed by atoms with Crippen molar-refractivity contribution in [3.63, 3.8) is 0 Å². The third kappa shape index (κ3) is 6.08. The lowest BCUT2D eigenvalue weighted by Gasteiger charge is -2.35. The summed E-state index contributed by atoms with van der Waals surface area (Å²) in [6.07, 6.45) is 3.58. The van der Waals surface area contributed by atoms with Gasteiger partial charge in [-0.05, 0) is 50.6 Å². The Morgan fingerprint density at radius 2 is 1.83 bits per heavy atom. The molecule has 0 spiro atoms. The molecule has 9 heteroatoms. The van der Waals surface area contributed by atoms with Crippen LogP contribution in [-0.4, -0.2) is 64.6 Å². The minimum atomic E-state index is -3.56. The van der Waals surface area contributed by atoms with Gasteiger partial charge in [0.1, 0.15) is 24.1 Å². The first-order valence-corrected chi connectivity index (χ1v) is 13.7. The highest BCUT2D eigenvalue weighted by Gasteiger charge is 2.29. The van der Waals surface area contributed by atoms with Crippen LogP contribution >= 0.6 is 0 Å². The molecule has 2 aromatic carbocycles. The Morgan fingerprint density at radius 3 is 2.46 bits per heavy atom. The Balaban J connectivity index is 1.43. The van der Waals surface area contributed by atoms with Gasteiger partial charge < -0.3 is 19.1 Å². The summed E-state index contributed by atoms with van der Waals surface area (Å²) in [6.45, 7) is 9.23. The van der Waals surface area contributed by atoms with E-state index < -0.39 is 10.0 Å². The van der Waals surface area contributed by atoms with Crippen molar-refractivity contribution in [2.75, 3.05) is 44.3 Å². The summed E-state index contributed by atoms with van der Waals surface area (Å²) in [4.78, 5) is 6.89. The molecule has 2 aliphatic rings. The Hall–Kier alpha value is -2.78. The van der Waals surface area contributed by atoms with E-state index in [2.05, 4.69) is 35.0 Å². The molecular weight excluding hydrogens is 466 g/mol. The van der Waals surface area contributed by atoms with Gasteiger partial charge in [-0.25, -0.2) is 13.4 Å². The molecule has 2 heterocycles. The molecule has 0 N–H and O–H groups in total. The van der Waals surface area contributed by atoms with E-state index in [9.17, 15) is 8.42 Å². The molecule has 0 saturated carbocycles. The smallest absolute Gasteiger partial charge is 0.243 e. The molecule has 0 bridgehead atoms. The zero-order valence-corrected chi connectivity index (χ0v) is 21.5. The van der Waals surface area contributed by atoms with Crippen molar-refractivity contribution < 1.29 is 22.6 Å². The summed E-state index contributed by atoms with van der Waals surface area (Å²) in [6, 6.07) is 12.8. The number of sulfonamides is 1. The Morgan fingerprint density at radius 1 is 1.09 bits per heavy atom. The topological polar surface area (TPSA) is 80.7 Å². The first-order chi connectivity index (χ1) is 16.9. The molecule has 1 atom stereocenters.